The smallest absolute Gasteiger partial charge is 0.152 e. The quantitative estimate of drug-likeness (QED) is 0.592. The van der Waals surface area contributed by atoms with E-state index in [0.29, 0.717) is 19.3 Å². The van der Waals surface area contributed by atoms with Crippen molar-refractivity contribution < 1.29 is 13.2 Å². The minimum atomic E-state index is -2.95. The molecule has 0 spiro atoms. The van der Waals surface area contributed by atoms with Crippen LogP contribution >= 0.6 is 0 Å². The van der Waals surface area contributed by atoms with Gasteiger partial charge in [0.25, 0.3) is 0 Å². The Balaban J connectivity index is 1.66. The van der Waals surface area contributed by atoms with Gasteiger partial charge in [-0.25, -0.2) is 8.42 Å². The number of hydrogen-bond donors (Lipinski definition) is 0. The van der Waals surface area contributed by atoms with Gasteiger partial charge in [-0.3, -0.25) is 4.79 Å². The first-order valence-corrected chi connectivity index (χ1v) is 11.2. The average molecular weight is 366 g/mol. The molecule has 0 saturated carbocycles. The van der Waals surface area contributed by atoms with Gasteiger partial charge >= 0.3 is 0 Å². The van der Waals surface area contributed by atoms with Crippen molar-refractivity contribution in [3.63, 3.8) is 0 Å². The maximum absolute atomic E-state index is 12.1. The molecule has 1 fully saturated rings. The highest BCUT2D eigenvalue weighted by Gasteiger charge is 2.15. The molecule has 2 rings (SSSR count). The van der Waals surface area contributed by atoms with E-state index in [0.717, 1.165) is 31.5 Å². The second-order valence-corrected chi connectivity index (χ2v) is 9.98. The van der Waals surface area contributed by atoms with E-state index in [2.05, 4.69) is 29.2 Å². The van der Waals surface area contributed by atoms with Crippen molar-refractivity contribution in [1.29, 1.82) is 0 Å². The summed E-state index contributed by atoms with van der Waals surface area (Å²) < 4.78 is 23.4. The van der Waals surface area contributed by atoms with Crippen molar-refractivity contribution in [3.8, 4) is 0 Å². The van der Waals surface area contributed by atoms with Gasteiger partial charge < -0.3 is 4.90 Å². The molecule has 1 heterocycles. The fraction of sp³-hybridized carbons (Fsp3) is 0.650. The van der Waals surface area contributed by atoms with E-state index in [1.165, 1.54) is 18.5 Å². The summed E-state index contributed by atoms with van der Waals surface area (Å²) in [6.07, 6.45) is 5.76. The number of unbranched alkanes of at least 4 members (excludes halogenated alkanes) is 2. The second kappa shape index (κ2) is 9.37. The molecule has 5 heteroatoms. The van der Waals surface area contributed by atoms with E-state index in [1.54, 1.807) is 13.8 Å². The van der Waals surface area contributed by atoms with Gasteiger partial charge in [0.1, 0.15) is 5.78 Å². The van der Waals surface area contributed by atoms with E-state index in [9.17, 15) is 13.2 Å². The Morgan fingerprint density at radius 3 is 2.28 bits per heavy atom. The molecule has 0 aromatic heterocycles. The lowest BCUT2D eigenvalue weighted by atomic mass is 10.0. The molecule has 1 aliphatic rings. The van der Waals surface area contributed by atoms with Crippen molar-refractivity contribution in [2.45, 2.75) is 64.0 Å². The summed E-state index contributed by atoms with van der Waals surface area (Å²) in [4.78, 5) is 14.5. The maximum Gasteiger partial charge on any atom is 0.152 e. The van der Waals surface area contributed by atoms with Crippen LogP contribution in [0.3, 0.4) is 0 Å². The molecule has 4 nitrogen and oxygen atoms in total. The molecule has 0 aliphatic carbocycles. The van der Waals surface area contributed by atoms with Crippen LogP contribution in [0, 0.1) is 0 Å². The van der Waals surface area contributed by atoms with E-state index in [4.69, 9.17) is 0 Å². The van der Waals surface area contributed by atoms with Gasteiger partial charge in [0, 0.05) is 31.6 Å². The highest BCUT2D eigenvalue weighted by atomic mass is 32.2. The number of rotatable bonds is 10. The predicted octanol–water partition coefficient (Wildman–Crippen LogP) is 3.78. The van der Waals surface area contributed by atoms with Gasteiger partial charge in [-0.05, 0) is 57.2 Å². The zero-order chi connectivity index (χ0) is 18.3. The van der Waals surface area contributed by atoms with Crippen LogP contribution in [0.15, 0.2) is 24.3 Å². The molecule has 1 aliphatic heterocycles. The molecule has 25 heavy (non-hydrogen) atoms. The third-order valence-corrected chi connectivity index (χ3v) is 7.21. The molecular formula is C20H31NO3S. The van der Waals surface area contributed by atoms with Crippen LogP contribution in [-0.2, 0) is 21.1 Å². The van der Waals surface area contributed by atoms with E-state index >= 15 is 0 Å². The van der Waals surface area contributed by atoms with Crippen molar-refractivity contribution in [2.75, 3.05) is 23.7 Å². The van der Waals surface area contributed by atoms with Gasteiger partial charge in [0.2, 0.25) is 0 Å². The van der Waals surface area contributed by atoms with Crippen LogP contribution < -0.4 is 4.90 Å². The molecule has 1 aromatic carbocycles. The summed E-state index contributed by atoms with van der Waals surface area (Å²) in [5.41, 5.74) is 2.32. The molecule has 1 aromatic rings. The monoisotopic (exact) mass is 365 g/mol. The molecule has 140 valence electrons. The SMILES string of the molecule is CC(C)S(=O)(=O)CCCCCC(=O)Cc1ccc(N2CCCC2)cc1. The number of sulfone groups is 1. The highest BCUT2D eigenvalue weighted by molar-refractivity contribution is 7.91. The van der Waals surface area contributed by atoms with Crippen LogP contribution in [-0.4, -0.2) is 38.3 Å². The lowest BCUT2D eigenvalue weighted by Gasteiger charge is -2.17. The Morgan fingerprint density at radius 1 is 1.04 bits per heavy atom. The number of carbonyl (C=O) groups excluding carboxylic acids is 1. The van der Waals surface area contributed by atoms with Gasteiger partial charge in [0.15, 0.2) is 9.84 Å². The van der Waals surface area contributed by atoms with Gasteiger partial charge in [-0.15, -0.1) is 0 Å². The zero-order valence-electron chi connectivity index (χ0n) is 15.5. The Hall–Kier alpha value is -1.36. The van der Waals surface area contributed by atoms with Crippen molar-refractivity contribution in [1.82, 2.24) is 0 Å². The normalized spacial score (nSPS) is 15.1. The number of nitrogens with zero attached hydrogens (tertiary/aromatic N) is 1. The number of Topliss-reactive ketones (excluding diaryl/α,β-unsaturated/α-hetero) is 1. The first-order valence-electron chi connectivity index (χ1n) is 9.45. The highest BCUT2D eigenvalue weighted by Crippen LogP contribution is 2.20. The molecule has 0 bridgehead atoms. The summed E-state index contributed by atoms with van der Waals surface area (Å²) in [6.45, 7) is 5.69. The molecule has 0 unspecified atom stereocenters. The lowest BCUT2D eigenvalue weighted by molar-refractivity contribution is -0.118. The molecule has 0 radical (unpaired) electrons. The minimum absolute atomic E-state index is 0.233. The molecule has 1 saturated heterocycles. The number of ketones is 1. The van der Waals surface area contributed by atoms with Crippen LogP contribution in [0.5, 0.6) is 0 Å². The third kappa shape index (κ3) is 6.46. The Kier molecular flexibility index (Phi) is 7.48. The molecule has 0 amide bonds. The summed E-state index contributed by atoms with van der Waals surface area (Å²) in [5.74, 6) is 0.470. The minimum Gasteiger partial charge on any atom is -0.372 e. The first-order chi connectivity index (χ1) is 11.9. The lowest BCUT2D eigenvalue weighted by Crippen LogP contribution is -2.17. The largest absolute Gasteiger partial charge is 0.372 e. The van der Waals surface area contributed by atoms with Gasteiger partial charge in [-0.2, -0.15) is 0 Å². The van der Waals surface area contributed by atoms with E-state index in [1.807, 2.05) is 0 Å². The van der Waals surface area contributed by atoms with Crippen molar-refractivity contribution in [2.24, 2.45) is 0 Å². The summed E-state index contributed by atoms with van der Waals surface area (Å²) in [7, 11) is -2.95. The average Bonchev–Trinajstić information content (AvgIpc) is 3.09. The Morgan fingerprint density at radius 2 is 1.68 bits per heavy atom. The third-order valence-electron chi connectivity index (χ3n) is 4.91. The van der Waals surface area contributed by atoms with Crippen LogP contribution in [0.2, 0.25) is 0 Å². The van der Waals surface area contributed by atoms with Gasteiger partial charge in [0.05, 0.1) is 11.0 Å². The van der Waals surface area contributed by atoms with Gasteiger partial charge in [-0.1, -0.05) is 18.6 Å². The summed E-state index contributed by atoms with van der Waals surface area (Å²) in [6, 6.07) is 8.34. The molecule has 0 N–H and O–H groups in total. The van der Waals surface area contributed by atoms with Crippen LogP contribution in [0.1, 0.15) is 57.9 Å². The Labute approximate surface area is 152 Å². The summed E-state index contributed by atoms with van der Waals surface area (Å²) >= 11 is 0. The Bertz CT molecular complexity index is 644. The van der Waals surface area contributed by atoms with E-state index in [-0.39, 0.29) is 16.8 Å². The standard InChI is InChI=1S/C20H31NO3S/c1-17(2)25(23,24)15-7-3-4-8-20(22)16-18-9-11-19(12-10-18)21-13-5-6-14-21/h9-12,17H,3-8,13-16H2,1-2H3. The van der Waals surface area contributed by atoms with Crippen molar-refractivity contribution in [3.05, 3.63) is 29.8 Å². The summed E-state index contributed by atoms with van der Waals surface area (Å²) in [5, 5.41) is -0.308. The van der Waals surface area contributed by atoms with E-state index < -0.39 is 9.84 Å². The second-order valence-electron chi connectivity index (χ2n) is 7.30. The zero-order valence-corrected chi connectivity index (χ0v) is 16.4. The van der Waals surface area contributed by atoms with Crippen molar-refractivity contribution >= 4 is 21.3 Å². The maximum atomic E-state index is 12.1. The van der Waals surface area contributed by atoms with Crippen LogP contribution in [0.4, 0.5) is 5.69 Å². The number of hydrogen-bond acceptors (Lipinski definition) is 4. The molecular weight excluding hydrogens is 334 g/mol. The number of benzene rings is 1. The first kappa shape index (κ1) is 20.0. The fourth-order valence-electron chi connectivity index (χ4n) is 3.15. The fourth-order valence-corrected chi connectivity index (χ4v) is 4.23. The van der Waals surface area contributed by atoms with Crippen LogP contribution in [0.25, 0.3) is 0 Å². The molecule has 0 atom stereocenters. The topological polar surface area (TPSA) is 54.5 Å². The number of anilines is 1. The number of carbonyl (C=O) groups is 1. The predicted molar refractivity (Wildman–Crippen MR) is 104 cm³/mol.